The molecule has 0 saturated carbocycles. The lowest BCUT2D eigenvalue weighted by molar-refractivity contribution is -0.00000331. The Balaban J connectivity index is 0.00000120. The van der Waals surface area contributed by atoms with E-state index in [9.17, 15) is 0 Å². The predicted octanol–water partition coefficient (Wildman–Crippen LogP) is 2.06. The van der Waals surface area contributed by atoms with Crippen molar-refractivity contribution in [2.75, 3.05) is 0 Å². The van der Waals surface area contributed by atoms with Gasteiger partial charge in [0.15, 0.2) is 0 Å². The molecule has 0 atom stereocenters. The van der Waals surface area contributed by atoms with Crippen LogP contribution in [-0.2, 0) is 0 Å². The summed E-state index contributed by atoms with van der Waals surface area (Å²) in [6, 6.07) is 15.6. The van der Waals surface area contributed by atoms with Crippen LogP contribution in [0.15, 0.2) is 58.8 Å². The van der Waals surface area contributed by atoms with E-state index < -0.39 is 0 Å². The molecular formula is C12H8ClN3S2. The Morgan fingerprint density at radius 3 is 2.56 bits per heavy atom. The number of hydrogen-bond donors (Lipinski definition) is 0. The molecule has 0 aliphatic rings. The van der Waals surface area contributed by atoms with Gasteiger partial charge in [0.1, 0.15) is 5.52 Å². The van der Waals surface area contributed by atoms with Gasteiger partial charge in [-0.05, 0) is 24.3 Å². The van der Waals surface area contributed by atoms with Crippen LogP contribution in [0.25, 0.3) is 10.2 Å². The van der Waals surface area contributed by atoms with Gasteiger partial charge < -0.3 is 12.4 Å². The molecule has 0 aliphatic heterocycles. The minimum absolute atomic E-state index is 0. The standard InChI is InChI=1S/C12H8N3S2.ClH/c1-2-4-9(5-3-1)13-14-10-6-7-11-12(8-10)16-17-15-11;/h1-8H;1H/q+1;/p-1. The van der Waals surface area contributed by atoms with Crippen LogP contribution >= 0.6 is 20.9 Å². The number of benzene rings is 2. The molecule has 0 aliphatic carbocycles. The van der Waals surface area contributed by atoms with Crippen molar-refractivity contribution in [1.82, 2.24) is 4.37 Å². The molecule has 0 radical (unpaired) electrons. The summed E-state index contributed by atoms with van der Waals surface area (Å²) in [5.74, 6) is 0. The van der Waals surface area contributed by atoms with Crippen molar-refractivity contribution in [3.05, 3.63) is 48.5 Å². The number of halogens is 1. The molecular weight excluding hydrogens is 286 g/mol. The van der Waals surface area contributed by atoms with Gasteiger partial charge in [-0.1, -0.05) is 18.2 Å². The van der Waals surface area contributed by atoms with E-state index in [0.717, 1.165) is 21.6 Å². The van der Waals surface area contributed by atoms with Crippen molar-refractivity contribution in [2.45, 2.75) is 0 Å². The Morgan fingerprint density at radius 2 is 1.72 bits per heavy atom. The molecule has 1 aromatic heterocycles. The second-order valence-corrected chi connectivity index (χ2v) is 5.32. The van der Waals surface area contributed by atoms with E-state index in [1.165, 1.54) is 10.5 Å². The molecule has 6 heteroatoms. The van der Waals surface area contributed by atoms with Gasteiger partial charge in [0.2, 0.25) is 0 Å². The third kappa shape index (κ3) is 2.87. The van der Waals surface area contributed by atoms with E-state index in [4.69, 9.17) is 0 Å². The van der Waals surface area contributed by atoms with E-state index in [0.29, 0.717) is 0 Å². The third-order valence-electron chi connectivity index (χ3n) is 2.24. The maximum absolute atomic E-state index is 4.27. The summed E-state index contributed by atoms with van der Waals surface area (Å²) < 4.78 is 5.42. The first-order valence-corrected chi connectivity index (χ1v) is 7.18. The number of fused-ring (bicyclic) bond motifs is 1. The molecule has 0 unspecified atom stereocenters. The Morgan fingerprint density at radius 1 is 0.944 bits per heavy atom. The highest BCUT2D eigenvalue weighted by atomic mass is 35.5. The molecule has 2 aromatic carbocycles. The summed E-state index contributed by atoms with van der Waals surface area (Å²) in [5.41, 5.74) is 2.75. The number of azo groups is 1. The molecule has 3 aromatic rings. The van der Waals surface area contributed by atoms with E-state index >= 15 is 0 Å². The summed E-state index contributed by atoms with van der Waals surface area (Å²) in [5, 5.41) is 8.40. The van der Waals surface area contributed by atoms with Crippen LogP contribution in [0.1, 0.15) is 0 Å². The van der Waals surface area contributed by atoms with Crippen molar-refractivity contribution in [1.29, 1.82) is 0 Å². The zero-order valence-corrected chi connectivity index (χ0v) is 11.5. The average molecular weight is 294 g/mol. The fourth-order valence-electron chi connectivity index (χ4n) is 1.42. The first kappa shape index (κ1) is 13.0. The Labute approximate surface area is 118 Å². The molecule has 18 heavy (non-hydrogen) atoms. The van der Waals surface area contributed by atoms with E-state index in [1.54, 1.807) is 10.3 Å². The number of rotatable bonds is 2. The van der Waals surface area contributed by atoms with Crippen molar-refractivity contribution in [3.8, 4) is 0 Å². The maximum atomic E-state index is 4.27. The average Bonchev–Trinajstić information content (AvgIpc) is 2.85. The second-order valence-electron chi connectivity index (χ2n) is 3.44. The van der Waals surface area contributed by atoms with Crippen molar-refractivity contribution in [2.24, 2.45) is 10.2 Å². The second kappa shape index (κ2) is 5.95. The summed E-state index contributed by atoms with van der Waals surface area (Å²) in [6.45, 7) is 0. The fraction of sp³-hybridized carbons (Fsp3) is 0. The number of hydrogen-bond acceptors (Lipinski definition) is 4. The largest absolute Gasteiger partial charge is 1.00 e. The van der Waals surface area contributed by atoms with Gasteiger partial charge in [-0.15, -0.1) is 4.37 Å². The van der Waals surface area contributed by atoms with Crippen molar-refractivity contribution < 1.29 is 12.4 Å². The number of nitrogens with zero attached hydrogens (tertiary/aromatic N) is 3. The van der Waals surface area contributed by atoms with Gasteiger partial charge >= 0.3 is 10.3 Å². The Bertz CT molecular complexity index is 667. The summed E-state index contributed by atoms with van der Waals surface area (Å²) in [7, 11) is 3.15. The summed E-state index contributed by atoms with van der Waals surface area (Å²) >= 11 is 0. The lowest BCUT2D eigenvalue weighted by Gasteiger charge is -1.90. The topological polar surface area (TPSA) is 37.6 Å². The fourth-order valence-corrected chi connectivity index (χ4v) is 3.19. The molecule has 0 fully saturated rings. The van der Waals surface area contributed by atoms with E-state index in [-0.39, 0.29) is 12.4 Å². The smallest absolute Gasteiger partial charge is 0.323 e. The highest BCUT2D eigenvalue weighted by Gasteiger charge is 2.09. The Hall–Kier alpha value is -1.43. The zero-order valence-electron chi connectivity index (χ0n) is 9.15. The molecule has 0 amide bonds. The summed E-state index contributed by atoms with van der Waals surface area (Å²) in [4.78, 5) is 0. The van der Waals surface area contributed by atoms with Gasteiger partial charge in [-0.2, -0.15) is 10.2 Å². The quantitative estimate of drug-likeness (QED) is 0.405. The van der Waals surface area contributed by atoms with Crippen LogP contribution in [0.2, 0.25) is 0 Å². The minimum Gasteiger partial charge on any atom is -1.00 e. The molecule has 0 saturated heterocycles. The van der Waals surface area contributed by atoms with Crippen LogP contribution in [0, 0.1) is 0 Å². The van der Waals surface area contributed by atoms with Gasteiger partial charge in [-0.3, -0.25) is 0 Å². The normalized spacial score (nSPS) is 10.7. The van der Waals surface area contributed by atoms with Gasteiger partial charge in [0, 0.05) is 6.07 Å². The molecule has 0 bridgehead atoms. The molecule has 0 spiro atoms. The first-order valence-electron chi connectivity index (χ1n) is 5.07. The van der Waals surface area contributed by atoms with Gasteiger partial charge in [0.05, 0.1) is 11.4 Å². The third-order valence-corrected chi connectivity index (χ3v) is 4.08. The van der Waals surface area contributed by atoms with Crippen LogP contribution in [0.4, 0.5) is 11.4 Å². The van der Waals surface area contributed by atoms with Gasteiger partial charge in [0.25, 0.3) is 15.2 Å². The van der Waals surface area contributed by atoms with Crippen molar-refractivity contribution >= 4 is 42.5 Å². The molecule has 90 valence electrons. The van der Waals surface area contributed by atoms with Crippen LogP contribution in [0.3, 0.4) is 0 Å². The van der Waals surface area contributed by atoms with Crippen LogP contribution in [-0.4, -0.2) is 4.37 Å². The highest BCUT2D eigenvalue weighted by molar-refractivity contribution is 7.69. The molecule has 3 nitrogen and oxygen atoms in total. The van der Waals surface area contributed by atoms with Crippen molar-refractivity contribution in [3.63, 3.8) is 0 Å². The monoisotopic (exact) mass is 293 g/mol. The molecule has 0 N–H and O–H groups in total. The van der Waals surface area contributed by atoms with Gasteiger partial charge in [-0.25, -0.2) is 0 Å². The number of aromatic nitrogens is 1. The maximum Gasteiger partial charge on any atom is 0.323 e. The van der Waals surface area contributed by atoms with E-state index in [1.807, 2.05) is 48.5 Å². The SMILES string of the molecule is [Cl-].c1ccc(N=Nc2ccc3ns[s+]c3c2)cc1. The lowest BCUT2D eigenvalue weighted by Crippen LogP contribution is -3.00. The summed E-state index contributed by atoms with van der Waals surface area (Å²) in [6.07, 6.45) is 0. The molecule has 1 heterocycles. The minimum atomic E-state index is 0. The molecule has 3 rings (SSSR count). The highest BCUT2D eigenvalue weighted by Crippen LogP contribution is 2.27. The first-order chi connectivity index (χ1) is 8.42. The predicted molar refractivity (Wildman–Crippen MR) is 72.5 cm³/mol. The van der Waals surface area contributed by atoms with E-state index in [2.05, 4.69) is 14.6 Å². The van der Waals surface area contributed by atoms with Crippen LogP contribution in [0.5, 0.6) is 0 Å². The van der Waals surface area contributed by atoms with Crippen LogP contribution < -0.4 is 12.4 Å². The lowest BCUT2D eigenvalue weighted by atomic mass is 10.3. The Kier molecular flexibility index (Phi) is 4.30. The zero-order chi connectivity index (χ0) is 11.5.